The quantitative estimate of drug-likeness (QED) is 0.493. The Morgan fingerprint density at radius 3 is 1.60 bits per heavy atom. The molecule has 1 unspecified atom stereocenters. The van der Waals surface area contributed by atoms with E-state index >= 15 is 0 Å². The van der Waals surface area contributed by atoms with Crippen LogP contribution >= 0.6 is 0 Å². The molecule has 0 spiro atoms. The summed E-state index contributed by atoms with van der Waals surface area (Å²) >= 11 is 0. The number of rotatable bonds is 0. The van der Waals surface area contributed by atoms with Crippen LogP contribution in [0.1, 0.15) is 13.8 Å². The van der Waals surface area contributed by atoms with Crippen LogP contribution < -0.4 is 0 Å². The van der Waals surface area contributed by atoms with Crippen molar-refractivity contribution in [3.63, 3.8) is 0 Å². The summed E-state index contributed by atoms with van der Waals surface area (Å²) in [4.78, 5) is 10.1. The number of halogens is 2. The van der Waals surface area contributed by atoms with Gasteiger partial charge in [0.1, 0.15) is 0 Å². The second-order valence-corrected chi connectivity index (χ2v) is 2.29. The zero-order valence-corrected chi connectivity index (χ0v) is 5.48. The Morgan fingerprint density at radius 1 is 1.20 bits per heavy atom. The van der Waals surface area contributed by atoms with Gasteiger partial charge in [0.2, 0.25) is 0 Å². The van der Waals surface area contributed by atoms with Gasteiger partial charge in [0.15, 0.2) is 0 Å². The van der Waals surface area contributed by atoms with E-state index in [1.165, 1.54) is 0 Å². The van der Waals surface area contributed by atoms with Crippen molar-refractivity contribution in [3.8, 4) is 0 Å². The van der Waals surface area contributed by atoms with E-state index in [0.717, 1.165) is 13.8 Å². The molecule has 0 aliphatic carbocycles. The van der Waals surface area contributed by atoms with Gasteiger partial charge in [-0.05, 0) is 0 Å². The molecule has 1 saturated heterocycles. The summed E-state index contributed by atoms with van der Waals surface area (Å²) < 4.78 is 33.1. The molecule has 2 atom stereocenters. The molecular weight excluding hydrogens is 146 g/mol. The third-order valence-electron chi connectivity index (χ3n) is 1.35. The third kappa shape index (κ3) is 0.815. The number of cyclic esters (lactones) is 2. The van der Waals surface area contributed by atoms with E-state index in [4.69, 9.17) is 0 Å². The predicted molar refractivity (Wildman–Crippen MR) is 26.6 cm³/mol. The Labute approximate surface area is 55.9 Å². The smallest absolute Gasteiger partial charge is 0.390 e. The Hall–Kier alpha value is -0.870. The minimum absolute atomic E-state index is 0.790. The first-order chi connectivity index (χ1) is 4.35. The van der Waals surface area contributed by atoms with Gasteiger partial charge in [-0.25, -0.2) is 4.79 Å². The molecule has 1 rings (SSSR count). The topological polar surface area (TPSA) is 35.5 Å². The summed E-state index contributed by atoms with van der Waals surface area (Å²) in [6, 6.07) is 0. The molecule has 0 amide bonds. The van der Waals surface area contributed by atoms with Crippen molar-refractivity contribution >= 4 is 6.16 Å². The van der Waals surface area contributed by atoms with E-state index in [9.17, 15) is 13.6 Å². The molecule has 0 aromatic heterocycles. The Bertz CT molecular complexity index is 158. The lowest BCUT2D eigenvalue weighted by Gasteiger charge is -2.19. The zero-order valence-electron chi connectivity index (χ0n) is 5.48. The van der Waals surface area contributed by atoms with Crippen molar-refractivity contribution in [2.24, 2.45) is 0 Å². The van der Waals surface area contributed by atoms with E-state index in [1.54, 1.807) is 0 Å². The number of carbonyl (C=O) groups excluding carboxylic acids is 1. The minimum atomic E-state index is -2.68. The van der Waals surface area contributed by atoms with Gasteiger partial charge >= 0.3 is 17.9 Å². The highest BCUT2D eigenvalue weighted by Crippen LogP contribution is 2.38. The van der Waals surface area contributed by atoms with Crippen LogP contribution in [0, 0.1) is 0 Å². The third-order valence-corrected chi connectivity index (χ3v) is 1.35. The fourth-order valence-corrected chi connectivity index (χ4v) is 0.516. The first-order valence-electron chi connectivity index (χ1n) is 2.65. The average molecular weight is 152 g/mol. The van der Waals surface area contributed by atoms with Crippen molar-refractivity contribution < 1.29 is 23.0 Å². The van der Waals surface area contributed by atoms with Crippen molar-refractivity contribution in [2.45, 2.75) is 25.6 Å². The van der Waals surface area contributed by atoms with E-state index < -0.39 is 17.9 Å². The first kappa shape index (κ1) is 7.24. The van der Waals surface area contributed by atoms with Crippen LogP contribution in [0.4, 0.5) is 13.6 Å². The van der Waals surface area contributed by atoms with Gasteiger partial charge < -0.3 is 9.47 Å². The summed E-state index contributed by atoms with van der Waals surface area (Å²) in [6.07, 6.45) is -1.32. The maximum Gasteiger partial charge on any atom is 0.514 e. The summed E-state index contributed by atoms with van der Waals surface area (Å²) in [6.45, 7) is 1.58. The normalized spacial score (nSPS) is 46.6. The fraction of sp³-hybridized carbons (Fsp3) is 0.800. The lowest BCUT2D eigenvalue weighted by Crippen LogP contribution is -2.39. The molecule has 10 heavy (non-hydrogen) atoms. The van der Waals surface area contributed by atoms with Crippen molar-refractivity contribution in [1.82, 2.24) is 0 Å². The molecule has 1 heterocycles. The van der Waals surface area contributed by atoms with Crippen molar-refractivity contribution in [2.75, 3.05) is 0 Å². The maximum atomic E-state index is 12.7. The number of hydrogen-bond donors (Lipinski definition) is 0. The zero-order chi connectivity index (χ0) is 7.99. The van der Waals surface area contributed by atoms with Gasteiger partial charge in [0.25, 0.3) is 0 Å². The van der Waals surface area contributed by atoms with E-state index in [1.807, 2.05) is 0 Å². The van der Waals surface area contributed by atoms with E-state index in [2.05, 4.69) is 9.47 Å². The SMILES string of the molecule is CC1(F)OC(=O)O[C@]1(C)F. The van der Waals surface area contributed by atoms with Crippen LogP contribution in [-0.4, -0.2) is 17.9 Å². The van der Waals surface area contributed by atoms with Gasteiger partial charge in [-0.1, -0.05) is 0 Å². The lowest BCUT2D eigenvalue weighted by molar-refractivity contribution is -0.191. The summed E-state index contributed by atoms with van der Waals surface area (Å²) in [5, 5.41) is 0. The molecule has 5 heteroatoms. The van der Waals surface area contributed by atoms with Crippen molar-refractivity contribution in [1.29, 1.82) is 0 Å². The van der Waals surface area contributed by atoms with Crippen LogP contribution in [0.5, 0.6) is 0 Å². The van der Waals surface area contributed by atoms with Crippen molar-refractivity contribution in [3.05, 3.63) is 0 Å². The number of hydrogen-bond acceptors (Lipinski definition) is 3. The van der Waals surface area contributed by atoms with Gasteiger partial charge in [-0.15, -0.1) is 0 Å². The van der Waals surface area contributed by atoms with Gasteiger partial charge in [-0.2, -0.15) is 8.78 Å². The molecule has 58 valence electrons. The molecule has 1 aliphatic rings. The highest BCUT2D eigenvalue weighted by molar-refractivity contribution is 5.63. The summed E-state index contributed by atoms with van der Waals surface area (Å²) in [7, 11) is 0. The van der Waals surface area contributed by atoms with E-state index in [0.29, 0.717) is 0 Å². The van der Waals surface area contributed by atoms with E-state index in [-0.39, 0.29) is 0 Å². The molecule has 0 saturated carbocycles. The Morgan fingerprint density at radius 2 is 1.50 bits per heavy atom. The largest absolute Gasteiger partial charge is 0.514 e. The highest BCUT2D eigenvalue weighted by atomic mass is 19.2. The van der Waals surface area contributed by atoms with Gasteiger partial charge in [0, 0.05) is 13.8 Å². The van der Waals surface area contributed by atoms with Crippen LogP contribution in [-0.2, 0) is 9.47 Å². The molecule has 0 N–H and O–H groups in total. The molecule has 3 nitrogen and oxygen atoms in total. The van der Waals surface area contributed by atoms with Crippen LogP contribution in [0.15, 0.2) is 0 Å². The minimum Gasteiger partial charge on any atom is -0.390 e. The first-order valence-corrected chi connectivity index (χ1v) is 2.65. The standard InChI is InChI=1S/C5H6F2O3/c1-4(6)5(2,7)10-3(8)9-4/h1-2H3/t4-,5?/m0/s1. The highest BCUT2D eigenvalue weighted by Gasteiger charge is 2.59. The maximum absolute atomic E-state index is 12.7. The second-order valence-electron chi connectivity index (χ2n) is 2.29. The number of alkyl halides is 2. The molecular formula is C5H6F2O3. The second kappa shape index (κ2) is 1.59. The molecule has 1 fully saturated rings. The summed E-state index contributed by atoms with van der Waals surface area (Å²) in [5.74, 6) is -5.35. The Balaban J connectivity index is 2.88. The molecule has 1 aliphatic heterocycles. The monoisotopic (exact) mass is 152 g/mol. The molecule has 0 aromatic rings. The molecule has 0 bridgehead atoms. The molecule has 0 radical (unpaired) electrons. The van der Waals surface area contributed by atoms with Crippen LogP contribution in [0.2, 0.25) is 0 Å². The van der Waals surface area contributed by atoms with Gasteiger partial charge in [0.05, 0.1) is 0 Å². The summed E-state index contributed by atoms with van der Waals surface area (Å²) in [5.41, 5.74) is 0. The predicted octanol–water partition coefficient (Wildman–Crippen LogP) is 1.52. The van der Waals surface area contributed by atoms with Crippen LogP contribution in [0.3, 0.4) is 0 Å². The van der Waals surface area contributed by atoms with Crippen LogP contribution in [0.25, 0.3) is 0 Å². The number of ether oxygens (including phenoxy) is 2. The van der Waals surface area contributed by atoms with Gasteiger partial charge in [-0.3, -0.25) is 0 Å². The number of carbonyl (C=O) groups is 1. The fourth-order valence-electron chi connectivity index (χ4n) is 0.516. The lowest BCUT2D eigenvalue weighted by atomic mass is 10.2. The Kier molecular flexibility index (Phi) is 1.15. The average Bonchev–Trinajstić information content (AvgIpc) is 1.73. The molecule has 0 aromatic carbocycles.